The first-order valence-electron chi connectivity index (χ1n) is 3.91. The van der Waals surface area contributed by atoms with Crippen LogP contribution in [-0.4, -0.2) is 42.3 Å². The van der Waals surface area contributed by atoms with Crippen molar-refractivity contribution in [2.75, 3.05) is 0 Å². The van der Waals surface area contributed by atoms with Crippen molar-refractivity contribution in [1.82, 2.24) is 0 Å². The van der Waals surface area contributed by atoms with Crippen molar-refractivity contribution in [3.63, 3.8) is 0 Å². The van der Waals surface area contributed by atoms with Crippen LogP contribution in [0.5, 0.6) is 0 Å². The van der Waals surface area contributed by atoms with Crippen molar-refractivity contribution in [1.29, 1.82) is 0 Å². The Kier molecular flexibility index (Phi) is 6.10. The molecule has 0 aliphatic carbocycles. The molecule has 1 heterocycles. The van der Waals surface area contributed by atoms with E-state index in [0.717, 1.165) is 0 Å². The molecule has 0 saturated carbocycles. The van der Waals surface area contributed by atoms with E-state index in [2.05, 4.69) is 0 Å². The van der Waals surface area contributed by atoms with Crippen LogP contribution in [0.3, 0.4) is 0 Å². The van der Waals surface area contributed by atoms with E-state index < -0.39 is 0 Å². The Balaban J connectivity index is 2.02. The van der Waals surface area contributed by atoms with Crippen molar-refractivity contribution in [3.8, 4) is 0 Å². The van der Waals surface area contributed by atoms with Gasteiger partial charge in [-0.15, -0.1) is 0 Å². The summed E-state index contributed by atoms with van der Waals surface area (Å²) in [7, 11) is 0. The van der Waals surface area contributed by atoms with Gasteiger partial charge in [-0.3, -0.25) is 0 Å². The maximum absolute atomic E-state index is 1.71. The summed E-state index contributed by atoms with van der Waals surface area (Å²) in [5, 5.41) is 0. The van der Waals surface area contributed by atoms with Gasteiger partial charge in [0.1, 0.15) is 0 Å². The molecular formula is C7H14Sn2. The summed E-state index contributed by atoms with van der Waals surface area (Å²) < 4.78 is 6.82. The van der Waals surface area contributed by atoms with Crippen molar-refractivity contribution in [3.05, 3.63) is 0 Å². The topological polar surface area (TPSA) is 0 Å². The molecular weight excluding hydrogens is 321 g/mol. The van der Waals surface area contributed by atoms with Crippen LogP contribution in [0, 0.1) is 0 Å². The number of rotatable bonds is 0. The molecule has 50 valence electrons. The molecule has 0 unspecified atom stereocenters. The molecule has 9 heavy (non-hydrogen) atoms. The van der Waals surface area contributed by atoms with Crippen LogP contribution in [0.15, 0.2) is 0 Å². The second-order valence-electron chi connectivity index (χ2n) is 2.56. The molecule has 0 bridgehead atoms. The molecule has 0 aromatic heterocycles. The number of hydrogen-bond acceptors (Lipinski definition) is 0. The Morgan fingerprint density at radius 3 is 1.56 bits per heavy atom. The molecule has 1 fully saturated rings. The first-order chi connectivity index (χ1) is 4.50. The molecule has 0 aromatic carbocycles. The minimum atomic E-state index is 0.217. The van der Waals surface area contributed by atoms with Gasteiger partial charge in [0.15, 0.2) is 0 Å². The molecule has 0 atom stereocenters. The third kappa shape index (κ3) is 4.93. The molecule has 0 spiro atoms. The molecule has 1 saturated heterocycles. The number of hydrogen-bond donors (Lipinski definition) is 0. The summed E-state index contributed by atoms with van der Waals surface area (Å²) in [6.45, 7) is 0. The average molecular weight is 336 g/mol. The van der Waals surface area contributed by atoms with Gasteiger partial charge >= 0.3 is 79.3 Å². The first-order valence-corrected chi connectivity index (χ1v) is 12.0. The van der Waals surface area contributed by atoms with Crippen LogP contribution >= 0.6 is 0 Å². The monoisotopic (exact) mass is 338 g/mol. The SMILES string of the molecule is C1C[CH2][Sn][CH2]C[CH2][Sn][CH2]1. The van der Waals surface area contributed by atoms with Crippen LogP contribution in [0.1, 0.15) is 19.3 Å². The fourth-order valence-corrected chi connectivity index (χ4v) is 10.7. The quantitative estimate of drug-likeness (QED) is 0.596. The molecule has 0 nitrogen and oxygen atoms in total. The minimum absolute atomic E-state index is 0.217. The van der Waals surface area contributed by atoms with Gasteiger partial charge in [0, 0.05) is 0 Å². The first kappa shape index (κ1) is 8.69. The van der Waals surface area contributed by atoms with E-state index in [4.69, 9.17) is 0 Å². The fraction of sp³-hybridized carbons (Fsp3) is 1.00. The zero-order valence-corrected chi connectivity index (χ0v) is 11.7. The molecule has 0 aromatic rings. The summed E-state index contributed by atoms with van der Waals surface area (Å²) >= 11 is 0.433. The molecule has 0 amide bonds. The molecule has 2 heteroatoms. The van der Waals surface area contributed by atoms with Gasteiger partial charge in [-0.2, -0.15) is 0 Å². The zero-order chi connectivity index (χ0) is 6.36. The third-order valence-electron chi connectivity index (χ3n) is 1.66. The van der Waals surface area contributed by atoms with E-state index in [-0.39, 0.29) is 42.3 Å². The molecule has 1 aliphatic heterocycles. The standard InChI is InChI=1S/C4H8.C3H6.2Sn/c1-3-4-2;1-3-2;;/h1-4H2;1-3H2;;. The van der Waals surface area contributed by atoms with Crippen molar-refractivity contribution < 1.29 is 0 Å². The average Bonchev–Trinajstić information content (AvgIpc) is 2.00. The van der Waals surface area contributed by atoms with Crippen molar-refractivity contribution >= 4 is 42.3 Å². The van der Waals surface area contributed by atoms with Gasteiger partial charge in [0.05, 0.1) is 0 Å². The normalized spacial score (nSPS) is 24.0. The summed E-state index contributed by atoms with van der Waals surface area (Å²) in [4.78, 5) is 0. The van der Waals surface area contributed by atoms with E-state index >= 15 is 0 Å². The summed E-state index contributed by atoms with van der Waals surface area (Å²) in [6, 6.07) is 0. The van der Waals surface area contributed by atoms with E-state index in [9.17, 15) is 0 Å². The van der Waals surface area contributed by atoms with E-state index in [0.29, 0.717) is 0 Å². The summed E-state index contributed by atoms with van der Waals surface area (Å²) in [5.41, 5.74) is 0. The van der Waals surface area contributed by atoms with Crippen LogP contribution in [0.4, 0.5) is 0 Å². The second-order valence-corrected chi connectivity index (χ2v) is 11.1. The molecule has 4 radical (unpaired) electrons. The van der Waals surface area contributed by atoms with E-state index in [1.807, 2.05) is 0 Å². The van der Waals surface area contributed by atoms with E-state index in [1.165, 1.54) is 0 Å². The Labute approximate surface area is 78.6 Å². The van der Waals surface area contributed by atoms with Crippen LogP contribution < -0.4 is 0 Å². The molecule has 0 N–H and O–H groups in total. The van der Waals surface area contributed by atoms with Crippen molar-refractivity contribution in [2.45, 2.75) is 37.0 Å². The van der Waals surface area contributed by atoms with Crippen LogP contribution in [-0.2, 0) is 0 Å². The Bertz CT molecular complexity index is 35.4. The van der Waals surface area contributed by atoms with Gasteiger partial charge < -0.3 is 0 Å². The van der Waals surface area contributed by atoms with Gasteiger partial charge in [0.25, 0.3) is 0 Å². The van der Waals surface area contributed by atoms with E-state index in [1.54, 1.807) is 37.0 Å². The third-order valence-corrected chi connectivity index (χ3v) is 9.74. The maximum atomic E-state index is 1.71. The Hall–Kier alpha value is 1.60. The summed E-state index contributed by atoms with van der Waals surface area (Å²) in [5.74, 6) is 0. The fourth-order valence-electron chi connectivity index (χ4n) is 1.09. The second kappa shape index (κ2) is 6.32. The van der Waals surface area contributed by atoms with Crippen molar-refractivity contribution in [2.24, 2.45) is 0 Å². The van der Waals surface area contributed by atoms with Gasteiger partial charge in [-0.25, -0.2) is 0 Å². The van der Waals surface area contributed by atoms with Gasteiger partial charge in [-0.05, 0) is 0 Å². The molecule has 1 rings (SSSR count). The van der Waals surface area contributed by atoms with Crippen LogP contribution in [0.25, 0.3) is 0 Å². The Morgan fingerprint density at radius 2 is 1.00 bits per heavy atom. The molecule has 1 aliphatic rings. The summed E-state index contributed by atoms with van der Waals surface area (Å²) in [6.07, 6.45) is 4.89. The predicted octanol–water partition coefficient (Wildman–Crippen LogP) is 2.25. The van der Waals surface area contributed by atoms with Crippen LogP contribution in [0.2, 0.25) is 17.7 Å². The van der Waals surface area contributed by atoms with Gasteiger partial charge in [-0.1, -0.05) is 0 Å². The zero-order valence-electron chi connectivity index (χ0n) is 5.95. The van der Waals surface area contributed by atoms with Gasteiger partial charge in [0.2, 0.25) is 0 Å². The predicted molar refractivity (Wildman–Crippen MR) is 44.6 cm³/mol. The Morgan fingerprint density at radius 1 is 0.556 bits per heavy atom.